The third-order valence-corrected chi connectivity index (χ3v) is 4.08. The second kappa shape index (κ2) is 16.6. The van der Waals surface area contributed by atoms with Crippen molar-refractivity contribution in [2.75, 3.05) is 6.61 Å². The van der Waals surface area contributed by atoms with Crippen LogP contribution in [0.4, 0.5) is 4.79 Å². The molecular formula is C18H36O4. The molecule has 4 heteroatoms. The highest BCUT2D eigenvalue weighted by Crippen LogP contribution is 2.16. The Morgan fingerprint density at radius 1 is 0.818 bits per heavy atom. The van der Waals surface area contributed by atoms with Crippen molar-refractivity contribution < 1.29 is 19.7 Å². The van der Waals surface area contributed by atoms with Crippen LogP contribution >= 0.6 is 0 Å². The van der Waals surface area contributed by atoms with E-state index in [0.29, 0.717) is 0 Å². The molecule has 4 nitrogen and oxygen atoms in total. The molecule has 0 saturated heterocycles. The first-order valence-electron chi connectivity index (χ1n) is 9.21. The van der Waals surface area contributed by atoms with E-state index in [4.69, 9.17) is 14.9 Å². The highest BCUT2D eigenvalue weighted by atomic mass is 16.7. The summed E-state index contributed by atoms with van der Waals surface area (Å²) in [4.78, 5) is 10.7. The van der Waals surface area contributed by atoms with Crippen molar-refractivity contribution in [1.82, 2.24) is 0 Å². The lowest BCUT2D eigenvalue weighted by atomic mass is 10.0. The first kappa shape index (κ1) is 21.2. The van der Waals surface area contributed by atoms with E-state index < -0.39 is 6.16 Å². The lowest BCUT2D eigenvalue weighted by Crippen LogP contribution is -2.17. The van der Waals surface area contributed by atoms with Crippen LogP contribution in [0.1, 0.15) is 96.8 Å². The van der Waals surface area contributed by atoms with Crippen LogP contribution in [0, 0.1) is 0 Å². The first-order chi connectivity index (χ1) is 10.7. The lowest BCUT2D eigenvalue weighted by Gasteiger charge is -2.15. The number of aliphatic hydroxyl groups excluding tert-OH is 1. The van der Waals surface area contributed by atoms with Gasteiger partial charge in [0.2, 0.25) is 0 Å². The van der Waals surface area contributed by atoms with Crippen LogP contribution in [-0.2, 0) is 4.74 Å². The Labute approximate surface area is 136 Å². The molecule has 0 amide bonds. The van der Waals surface area contributed by atoms with Gasteiger partial charge in [0, 0.05) is 6.61 Å². The van der Waals surface area contributed by atoms with Crippen LogP contribution in [0.5, 0.6) is 0 Å². The van der Waals surface area contributed by atoms with Gasteiger partial charge in [-0.15, -0.1) is 0 Å². The second-order valence-electron chi connectivity index (χ2n) is 6.20. The zero-order valence-electron chi connectivity index (χ0n) is 14.4. The van der Waals surface area contributed by atoms with Crippen LogP contribution in [0.3, 0.4) is 0 Å². The summed E-state index contributed by atoms with van der Waals surface area (Å²) in [5.74, 6) is 0. The molecule has 0 aliphatic carbocycles. The summed E-state index contributed by atoms with van der Waals surface area (Å²) in [5, 5.41) is 17.5. The maximum atomic E-state index is 10.7. The van der Waals surface area contributed by atoms with Crippen LogP contribution < -0.4 is 0 Å². The van der Waals surface area contributed by atoms with Crippen LogP contribution in [0.25, 0.3) is 0 Å². The molecule has 0 spiro atoms. The minimum atomic E-state index is -1.18. The van der Waals surface area contributed by atoms with Crippen molar-refractivity contribution in [3.63, 3.8) is 0 Å². The van der Waals surface area contributed by atoms with Gasteiger partial charge in [-0.2, -0.15) is 0 Å². The summed E-state index contributed by atoms with van der Waals surface area (Å²) in [6.07, 6.45) is 14.5. The summed E-state index contributed by atoms with van der Waals surface area (Å²) < 4.78 is 4.91. The molecule has 2 N–H and O–H groups in total. The average Bonchev–Trinajstić information content (AvgIpc) is 2.48. The van der Waals surface area contributed by atoms with E-state index in [1.165, 1.54) is 51.4 Å². The van der Waals surface area contributed by atoms with Gasteiger partial charge in [-0.1, -0.05) is 64.7 Å². The number of rotatable bonds is 16. The number of hydrogen-bond acceptors (Lipinski definition) is 3. The maximum Gasteiger partial charge on any atom is 0.506 e. The molecule has 0 aromatic rings. The summed E-state index contributed by atoms with van der Waals surface area (Å²) in [6, 6.07) is 0. The zero-order valence-corrected chi connectivity index (χ0v) is 14.4. The molecule has 0 fully saturated rings. The van der Waals surface area contributed by atoms with Gasteiger partial charge in [-0.3, -0.25) is 0 Å². The maximum absolute atomic E-state index is 10.7. The van der Waals surface area contributed by atoms with Gasteiger partial charge in [0.05, 0.1) is 0 Å². The topological polar surface area (TPSA) is 66.8 Å². The number of ether oxygens (including phenoxy) is 1. The number of carboxylic acid groups (broad SMARTS) is 1. The molecule has 0 radical (unpaired) electrons. The van der Waals surface area contributed by atoms with Crippen LogP contribution in [-0.4, -0.2) is 29.1 Å². The molecule has 22 heavy (non-hydrogen) atoms. The Balaban J connectivity index is 3.48. The molecule has 0 aromatic heterocycles. The SMILES string of the molecule is CCCCCCCCCCCCC(CCCCO)OC(=O)O. The van der Waals surface area contributed by atoms with Gasteiger partial charge in [0.1, 0.15) is 6.10 Å². The number of unbranched alkanes of at least 4 members (excludes halogenated alkanes) is 10. The van der Waals surface area contributed by atoms with Crippen LogP contribution in [0.2, 0.25) is 0 Å². The Morgan fingerprint density at radius 2 is 1.27 bits per heavy atom. The lowest BCUT2D eigenvalue weighted by molar-refractivity contribution is 0.0418. The predicted molar refractivity (Wildman–Crippen MR) is 90.3 cm³/mol. The summed E-state index contributed by atoms with van der Waals surface area (Å²) in [7, 11) is 0. The van der Waals surface area contributed by atoms with Gasteiger partial charge >= 0.3 is 6.16 Å². The van der Waals surface area contributed by atoms with Gasteiger partial charge in [-0.05, 0) is 32.1 Å². The highest BCUT2D eigenvalue weighted by molar-refractivity contribution is 5.57. The van der Waals surface area contributed by atoms with Crippen molar-refractivity contribution in [2.24, 2.45) is 0 Å². The van der Waals surface area contributed by atoms with Gasteiger partial charge in [0.25, 0.3) is 0 Å². The van der Waals surface area contributed by atoms with Crippen molar-refractivity contribution >= 4 is 6.16 Å². The Morgan fingerprint density at radius 3 is 1.73 bits per heavy atom. The van der Waals surface area contributed by atoms with Crippen LogP contribution in [0.15, 0.2) is 0 Å². The van der Waals surface area contributed by atoms with Crippen molar-refractivity contribution in [2.45, 2.75) is 103 Å². The Hall–Kier alpha value is -0.770. The van der Waals surface area contributed by atoms with E-state index in [2.05, 4.69) is 6.92 Å². The fourth-order valence-electron chi connectivity index (χ4n) is 2.75. The standard InChI is InChI=1S/C18H36O4/c1-2-3-4-5-6-7-8-9-10-11-14-17(22-18(20)21)15-12-13-16-19/h17,19H,2-16H2,1H3,(H,20,21). The van der Waals surface area contributed by atoms with E-state index in [1.54, 1.807) is 0 Å². The molecule has 0 bridgehead atoms. The fourth-order valence-corrected chi connectivity index (χ4v) is 2.75. The number of carbonyl (C=O) groups is 1. The third-order valence-electron chi connectivity index (χ3n) is 4.08. The molecular weight excluding hydrogens is 280 g/mol. The Bertz CT molecular complexity index is 243. The summed E-state index contributed by atoms with van der Waals surface area (Å²) >= 11 is 0. The third kappa shape index (κ3) is 15.6. The van der Waals surface area contributed by atoms with Gasteiger partial charge < -0.3 is 14.9 Å². The van der Waals surface area contributed by atoms with E-state index in [-0.39, 0.29) is 12.7 Å². The van der Waals surface area contributed by atoms with E-state index >= 15 is 0 Å². The molecule has 0 aromatic carbocycles. The molecule has 1 unspecified atom stereocenters. The molecule has 0 aliphatic heterocycles. The zero-order chi connectivity index (χ0) is 16.5. The normalized spacial score (nSPS) is 12.3. The minimum Gasteiger partial charge on any atom is -0.450 e. The smallest absolute Gasteiger partial charge is 0.450 e. The van der Waals surface area contributed by atoms with Gasteiger partial charge in [0.15, 0.2) is 0 Å². The van der Waals surface area contributed by atoms with E-state index in [9.17, 15) is 4.79 Å². The largest absolute Gasteiger partial charge is 0.506 e. The molecule has 0 aliphatic rings. The average molecular weight is 316 g/mol. The Kier molecular flexibility index (Phi) is 16.0. The molecule has 132 valence electrons. The highest BCUT2D eigenvalue weighted by Gasteiger charge is 2.12. The van der Waals surface area contributed by atoms with E-state index in [0.717, 1.165) is 38.5 Å². The second-order valence-corrected chi connectivity index (χ2v) is 6.20. The molecule has 0 saturated carbocycles. The summed E-state index contributed by atoms with van der Waals surface area (Å²) in [5.41, 5.74) is 0. The van der Waals surface area contributed by atoms with Crippen molar-refractivity contribution in [3.8, 4) is 0 Å². The van der Waals surface area contributed by atoms with Crippen molar-refractivity contribution in [3.05, 3.63) is 0 Å². The van der Waals surface area contributed by atoms with Gasteiger partial charge in [-0.25, -0.2) is 4.79 Å². The minimum absolute atomic E-state index is 0.165. The van der Waals surface area contributed by atoms with Crippen molar-refractivity contribution in [1.29, 1.82) is 0 Å². The monoisotopic (exact) mass is 316 g/mol. The fraction of sp³-hybridized carbons (Fsp3) is 0.944. The molecule has 0 rings (SSSR count). The molecule has 1 atom stereocenters. The van der Waals surface area contributed by atoms with E-state index in [1.807, 2.05) is 0 Å². The summed E-state index contributed by atoms with van der Waals surface area (Å²) in [6.45, 7) is 2.41. The number of aliphatic hydroxyl groups is 1. The predicted octanol–water partition coefficient (Wildman–Crippen LogP) is 5.52. The first-order valence-corrected chi connectivity index (χ1v) is 9.21. The number of hydrogen-bond donors (Lipinski definition) is 2. The quantitative estimate of drug-likeness (QED) is 0.290. The molecule has 0 heterocycles.